The zero-order valence-corrected chi connectivity index (χ0v) is 12.5. The lowest BCUT2D eigenvalue weighted by molar-refractivity contribution is -0.147. The quantitative estimate of drug-likeness (QED) is 0.672. The number of carbonyl (C=O) groups is 1. The molecule has 110 valence electrons. The van der Waals surface area contributed by atoms with Gasteiger partial charge in [-0.2, -0.15) is 0 Å². The first-order chi connectivity index (χ1) is 10.1. The minimum absolute atomic E-state index is 0.00235. The van der Waals surface area contributed by atoms with Gasteiger partial charge in [-0.3, -0.25) is 0 Å². The van der Waals surface area contributed by atoms with Crippen LogP contribution >= 0.6 is 23.2 Å². The Labute approximate surface area is 132 Å². The second-order valence-corrected chi connectivity index (χ2v) is 5.04. The zero-order valence-electron chi connectivity index (χ0n) is 11.0. The summed E-state index contributed by atoms with van der Waals surface area (Å²) in [7, 11) is 0. The van der Waals surface area contributed by atoms with Gasteiger partial charge in [0.2, 0.25) is 0 Å². The van der Waals surface area contributed by atoms with Crippen molar-refractivity contribution >= 4 is 34.9 Å². The molecule has 21 heavy (non-hydrogen) atoms. The van der Waals surface area contributed by atoms with E-state index in [-0.39, 0.29) is 13.2 Å². The molecule has 2 aromatic carbocycles. The summed E-state index contributed by atoms with van der Waals surface area (Å²) in [6.07, 6.45) is 0. The average Bonchev–Trinajstić information content (AvgIpc) is 2.45. The van der Waals surface area contributed by atoms with Crippen molar-refractivity contribution in [2.24, 2.45) is 0 Å². The molecule has 4 nitrogen and oxygen atoms in total. The molecule has 0 saturated carbocycles. The second-order valence-electron chi connectivity index (χ2n) is 4.22. The van der Waals surface area contributed by atoms with E-state index in [1.807, 2.05) is 0 Å². The molecule has 6 heteroatoms. The molecule has 0 fully saturated rings. The van der Waals surface area contributed by atoms with Crippen molar-refractivity contribution in [3.63, 3.8) is 0 Å². The van der Waals surface area contributed by atoms with Gasteiger partial charge < -0.3 is 15.2 Å². The first-order valence-electron chi connectivity index (χ1n) is 6.13. The van der Waals surface area contributed by atoms with Crippen LogP contribution in [0.2, 0.25) is 10.0 Å². The Balaban J connectivity index is 1.85. The normalized spacial score (nSPS) is 10.2. The molecule has 0 aromatic heterocycles. The maximum atomic E-state index is 11.6. The molecule has 0 saturated heterocycles. The lowest BCUT2D eigenvalue weighted by Crippen LogP contribution is -2.15. The third kappa shape index (κ3) is 4.55. The van der Waals surface area contributed by atoms with Crippen LogP contribution in [0.4, 0.5) is 5.69 Å². The number of hydrogen-bond donors (Lipinski definition) is 1. The maximum Gasteiger partial charge on any atom is 0.344 e. The van der Waals surface area contributed by atoms with E-state index >= 15 is 0 Å². The second kappa shape index (κ2) is 7.20. The number of carbonyl (C=O) groups excluding carboxylic acids is 1. The molecule has 0 atom stereocenters. The van der Waals surface area contributed by atoms with Gasteiger partial charge in [0.15, 0.2) is 6.61 Å². The van der Waals surface area contributed by atoms with E-state index in [9.17, 15) is 4.79 Å². The van der Waals surface area contributed by atoms with E-state index in [1.54, 1.807) is 42.5 Å². The van der Waals surface area contributed by atoms with Gasteiger partial charge >= 0.3 is 5.97 Å². The summed E-state index contributed by atoms with van der Waals surface area (Å²) in [5, 5.41) is 0.902. The van der Waals surface area contributed by atoms with Gasteiger partial charge in [-0.15, -0.1) is 0 Å². The molecule has 2 N–H and O–H groups in total. The summed E-state index contributed by atoms with van der Waals surface area (Å²) in [6, 6.07) is 11.9. The third-order valence-corrected chi connectivity index (χ3v) is 3.36. The van der Waals surface area contributed by atoms with Crippen LogP contribution in [0.1, 0.15) is 5.56 Å². The smallest absolute Gasteiger partial charge is 0.344 e. The Bertz CT molecular complexity index is 626. The van der Waals surface area contributed by atoms with Crippen molar-refractivity contribution in [2.45, 2.75) is 6.61 Å². The van der Waals surface area contributed by atoms with E-state index in [0.717, 1.165) is 0 Å². The predicted molar refractivity (Wildman–Crippen MR) is 82.6 cm³/mol. The van der Waals surface area contributed by atoms with Crippen molar-refractivity contribution in [1.29, 1.82) is 0 Å². The van der Waals surface area contributed by atoms with Gasteiger partial charge in [-0.05, 0) is 24.3 Å². The van der Waals surface area contributed by atoms with Gasteiger partial charge in [0.05, 0.1) is 0 Å². The van der Waals surface area contributed by atoms with Crippen LogP contribution in [-0.2, 0) is 16.1 Å². The molecule has 0 spiro atoms. The molecule has 2 rings (SSSR count). The van der Waals surface area contributed by atoms with Crippen LogP contribution < -0.4 is 10.5 Å². The first-order valence-corrected chi connectivity index (χ1v) is 6.88. The van der Waals surface area contributed by atoms with E-state index in [4.69, 9.17) is 38.4 Å². The van der Waals surface area contributed by atoms with Gasteiger partial charge in [0.25, 0.3) is 0 Å². The lowest BCUT2D eigenvalue weighted by Gasteiger charge is -2.09. The number of rotatable bonds is 5. The first kappa shape index (κ1) is 15.5. The standard InChI is InChI=1S/C15H13Cl2NO3/c16-13-5-2-6-14(17)12(13)8-21-15(19)9-20-11-4-1-3-10(18)7-11/h1-7H,8-9,18H2. The zero-order chi connectivity index (χ0) is 15.2. The monoisotopic (exact) mass is 325 g/mol. The highest BCUT2D eigenvalue weighted by Crippen LogP contribution is 2.24. The Morgan fingerprint density at radius 3 is 2.43 bits per heavy atom. The van der Waals surface area contributed by atoms with Crippen LogP contribution in [0, 0.1) is 0 Å². The highest BCUT2D eigenvalue weighted by molar-refractivity contribution is 6.35. The van der Waals surface area contributed by atoms with Gasteiger partial charge in [0, 0.05) is 27.4 Å². The summed E-state index contributed by atoms with van der Waals surface area (Å²) in [5.74, 6) is -0.0175. The number of anilines is 1. The topological polar surface area (TPSA) is 61.5 Å². The number of hydrogen-bond acceptors (Lipinski definition) is 4. The lowest BCUT2D eigenvalue weighted by atomic mass is 10.2. The molecule has 0 amide bonds. The molecule has 0 aliphatic carbocycles. The van der Waals surface area contributed by atoms with Crippen LogP contribution in [0.25, 0.3) is 0 Å². The summed E-state index contributed by atoms with van der Waals surface area (Å²) in [4.78, 5) is 11.6. The number of nitrogen functional groups attached to an aromatic ring is 1. The number of esters is 1. The van der Waals surface area contributed by atoms with Crippen LogP contribution in [0.15, 0.2) is 42.5 Å². The van der Waals surface area contributed by atoms with Crippen molar-refractivity contribution in [3.8, 4) is 5.75 Å². The largest absolute Gasteiger partial charge is 0.482 e. The Morgan fingerprint density at radius 1 is 1.10 bits per heavy atom. The van der Waals surface area contributed by atoms with Crippen LogP contribution in [0.3, 0.4) is 0 Å². The van der Waals surface area contributed by atoms with E-state index in [1.165, 1.54) is 0 Å². The minimum Gasteiger partial charge on any atom is -0.482 e. The number of nitrogens with two attached hydrogens (primary N) is 1. The molecule has 0 heterocycles. The molecule has 2 aromatic rings. The molecule has 0 radical (unpaired) electrons. The van der Waals surface area contributed by atoms with Crippen molar-refractivity contribution in [1.82, 2.24) is 0 Å². The van der Waals surface area contributed by atoms with Crippen LogP contribution in [-0.4, -0.2) is 12.6 Å². The number of benzene rings is 2. The summed E-state index contributed by atoms with van der Waals surface area (Å²) in [5.41, 5.74) is 6.73. The SMILES string of the molecule is Nc1cccc(OCC(=O)OCc2c(Cl)cccc2Cl)c1. The highest BCUT2D eigenvalue weighted by Gasteiger charge is 2.10. The fourth-order valence-electron chi connectivity index (χ4n) is 1.61. The summed E-state index contributed by atoms with van der Waals surface area (Å²) >= 11 is 12.0. The molecule has 0 aliphatic rings. The molecule has 0 unspecified atom stereocenters. The Hall–Kier alpha value is -1.91. The van der Waals surface area contributed by atoms with Gasteiger partial charge in [-0.25, -0.2) is 4.79 Å². The van der Waals surface area contributed by atoms with E-state index in [2.05, 4.69) is 0 Å². The number of ether oxygens (including phenoxy) is 2. The Kier molecular flexibility index (Phi) is 5.31. The number of halogens is 2. The molecular weight excluding hydrogens is 313 g/mol. The predicted octanol–water partition coefficient (Wildman–Crippen LogP) is 3.70. The van der Waals surface area contributed by atoms with Gasteiger partial charge in [-0.1, -0.05) is 35.3 Å². The minimum atomic E-state index is -0.520. The highest BCUT2D eigenvalue weighted by atomic mass is 35.5. The summed E-state index contributed by atoms with van der Waals surface area (Å²) in [6.45, 7) is -0.219. The fourth-order valence-corrected chi connectivity index (χ4v) is 2.12. The fraction of sp³-hybridized carbons (Fsp3) is 0.133. The summed E-state index contributed by atoms with van der Waals surface area (Å²) < 4.78 is 10.4. The van der Waals surface area contributed by atoms with E-state index < -0.39 is 5.97 Å². The van der Waals surface area contributed by atoms with Crippen molar-refractivity contribution < 1.29 is 14.3 Å². The Morgan fingerprint density at radius 2 is 1.76 bits per heavy atom. The third-order valence-electron chi connectivity index (χ3n) is 2.65. The average molecular weight is 326 g/mol. The maximum absolute atomic E-state index is 11.6. The van der Waals surface area contributed by atoms with Gasteiger partial charge in [0.1, 0.15) is 12.4 Å². The molecular formula is C15H13Cl2NO3. The molecule has 0 aliphatic heterocycles. The van der Waals surface area contributed by atoms with E-state index in [0.29, 0.717) is 27.0 Å². The van der Waals surface area contributed by atoms with Crippen molar-refractivity contribution in [2.75, 3.05) is 12.3 Å². The molecule has 0 bridgehead atoms. The van der Waals surface area contributed by atoms with Crippen molar-refractivity contribution in [3.05, 3.63) is 58.1 Å². The van der Waals surface area contributed by atoms with Crippen LogP contribution in [0.5, 0.6) is 5.75 Å².